The Labute approximate surface area is 178 Å². The lowest BCUT2D eigenvalue weighted by Crippen LogP contribution is -2.25. The van der Waals surface area contributed by atoms with E-state index in [4.69, 9.17) is 0 Å². The third-order valence-corrected chi connectivity index (χ3v) is 5.48. The normalized spacial score (nSPS) is 13.1. The fraction of sp³-hybridized carbons (Fsp3) is 0.286. The third kappa shape index (κ3) is 5.44. The van der Waals surface area contributed by atoms with E-state index in [-0.39, 0.29) is 23.6 Å². The van der Waals surface area contributed by atoms with Gasteiger partial charge in [-0.25, -0.2) is 14.6 Å². The fourth-order valence-electron chi connectivity index (χ4n) is 2.69. The molecule has 0 spiro atoms. The summed E-state index contributed by atoms with van der Waals surface area (Å²) in [5.74, 6) is 0.540. The van der Waals surface area contributed by atoms with Crippen molar-refractivity contribution < 1.29 is 9.59 Å². The molecule has 3 aromatic rings. The SMILES string of the molecule is Cc1ccc(CNC(=O)CSc2cc(-n3ccc(C(=O)NC4CC4)n3)ncn2)cc1. The molecule has 2 N–H and O–H groups in total. The zero-order chi connectivity index (χ0) is 20.9. The van der Waals surface area contributed by atoms with Crippen LogP contribution in [0.4, 0.5) is 0 Å². The third-order valence-electron chi connectivity index (χ3n) is 4.56. The highest BCUT2D eigenvalue weighted by atomic mass is 32.2. The molecule has 154 valence electrons. The predicted octanol–water partition coefficient (Wildman–Crippen LogP) is 2.27. The van der Waals surface area contributed by atoms with Crippen molar-refractivity contribution in [1.82, 2.24) is 30.4 Å². The molecule has 0 aliphatic heterocycles. The van der Waals surface area contributed by atoms with Gasteiger partial charge in [-0.15, -0.1) is 0 Å². The highest BCUT2D eigenvalue weighted by molar-refractivity contribution is 7.99. The van der Waals surface area contributed by atoms with Gasteiger partial charge in [-0.1, -0.05) is 41.6 Å². The lowest BCUT2D eigenvalue weighted by molar-refractivity contribution is -0.118. The topological polar surface area (TPSA) is 102 Å². The Bertz CT molecular complexity index is 1050. The van der Waals surface area contributed by atoms with Crippen LogP contribution < -0.4 is 10.6 Å². The van der Waals surface area contributed by atoms with E-state index in [9.17, 15) is 9.59 Å². The summed E-state index contributed by atoms with van der Waals surface area (Å²) in [7, 11) is 0. The number of aryl methyl sites for hydroxylation is 1. The van der Waals surface area contributed by atoms with E-state index in [0.29, 0.717) is 23.1 Å². The first-order chi connectivity index (χ1) is 14.6. The Morgan fingerprint density at radius 2 is 1.97 bits per heavy atom. The quantitative estimate of drug-likeness (QED) is 0.427. The molecule has 1 aliphatic rings. The molecule has 1 aliphatic carbocycles. The molecule has 2 amide bonds. The van der Waals surface area contributed by atoms with Crippen molar-refractivity contribution >= 4 is 23.6 Å². The summed E-state index contributed by atoms with van der Waals surface area (Å²) in [6, 6.07) is 11.7. The monoisotopic (exact) mass is 422 g/mol. The number of aromatic nitrogens is 4. The van der Waals surface area contributed by atoms with Crippen molar-refractivity contribution in [2.45, 2.75) is 37.4 Å². The molecular formula is C21H22N6O2S. The molecule has 4 rings (SSSR count). The van der Waals surface area contributed by atoms with Gasteiger partial charge >= 0.3 is 0 Å². The minimum Gasteiger partial charge on any atom is -0.351 e. The van der Waals surface area contributed by atoms with Crippen LogP contribution in [0.5, 0.6) is 0 Å². The predicted molar refractivity (Wildman–Crippen MR) is 113 cm³/mol. The number of amides is 2. The van der Waals surface area contributed by atoms with Crippen LogP contribution in [-0.4, -0.2) is 43.4 Å². The number of hydrogen-bond donors (Lipinski definition) is 2. The Morgan fingerprint density at radius 3 is 2.73 bits per heavy atom. The van der Waals surface area contributed by atoms with Crippen LogP contribution in [0.1, 0.15) is 34.5 Å². The Kier molecular flexibility index (Phi) is 6.08. The maximum absolute atomic E-state index is 12.1. The van der Waals surface area contributed by atoms with E-state index in [1.165, 1.54) is 28.3 Å². The molecule has 1 aromatic carbocycles. The van der Waals surface area contributed by atoms with Crippen LogP contribution in [0.2, 0.25) is 0 Å². The molecule has 1 saturated carbocycles. The second kappa shape index (κ2) is 9.08. The number of nitrogens with one attached hydrogen (secondary N) is 2. The zero-order valence-corrected chi connectivity index (χ0v) is 17.4. The maximum Gasteiger partial charge on any atom is 0.272 e. The first-order valence-corrected chi connectivity index (χ1v) is 10.7. The van der Waals surface area contributed by atoms with E-state index >= 15 is 0 Å². The average molecular weight is 423 g/mol. The summed E-state index contributed by atoms with van der Waals surface area (Å²) >= 11 is 1.32. The van der Waals surface area contributed by atoms with Crippen molar-refractivity contribution in [2.24, 2.45) is 0 Å². The van der Waals surface area contributed by atoms with Crippen LogP contribution in [0.25, 0.3) is 5.82 Å². The van der Waals surface area contributed by atoms with Crippen LogP contribution in [0.15, 0.2) is 53.9 Å². The minimum absolute atomic E-state index is 0.0705. The number of thioether (sulfide) groups is 1. The van der Waals surface area contributed by atoms with Gasteiger partial charge in [0.05, 0.1) is 5.75 Å². The van der Waals surface area contributed by atoms with Crippen LogP contribution in [-0.2, 0) is 11.3 Å². The van der Waals surface area contributed by atoms with E-state index in [2.05, 4.69) is 25.7 Å². The molecule has 0 atom stereocenters. The van der Waals surface area contributed by atoms with Crippen molar-refractivity contribution in [1.29, 1.82) is 0 Å². The molecule has 8 nitrogen and oxygen atoms in total. The van der Waals surface area contributed by atoms with Gasteiger partial charge in [0, 0.05) is 24.8 Å². The minimum atomic E-state index is -0.176. The molecule has 1 fully saturated rings. The number of benzene rings is 1. The van der Waals surface area contributed by atoms with Crippen molar-refractivity contribution in [3.05, 3.63) is 65.7 Å². The molecule has 2 aromatic heterocycles. The summed E-state index contributed by atoms with van der Waals surface area (Å²) in [6.45, 7) is 2.52. The van der Waals surface area contributed by atoms with E-state index < -0.39 is 0 Å². The first-order valence-electron chi connectivity index (χ1n) is 9.71. The molecule has 9 heteroatoms. The van der Waals surface area contributed by atoms with Crippen molar-refractivity contribution in [2.75, 3.05) is 5.75 Å². The van der Waals surface area contributed by atoms with Gasteiger partial charge in [-0.3, -0.25) is 9.59 Å². The fourth-order valence-corrected chi connectivity index (χ4v) is 3.38. The second-order valence-electron chi connectivity index (χ2n) is 7.16. The van der Waals surface area contributed by atoms with Gasteiger partial charge in [0.2, 0.25) is 5.91 Å². The summed E-state index contributed by atoms with van der Waals surface area (Å²) in [5, 5.41) is 10.8. The Hall–Kier alpha value is -3.20. The highest BCUT2D eigenvalue weighted by Gasteiger charge is 2.24. The Balaban J connectivity index is 1.31. The standard InChI is InChI=1S/C21H22N6O2S/c1-14-2-4-15(5-3-14)11-22-19(28)12-30-20-10-18(23-13-24-20)27-9-8-17(26-27)21(29)25-16-6-7-16/h2-5,8-10,13,16H,6-7,11-12H2,1H3,(H,22,28)(H,25,29). The second-order valence-corrected chi connectivity index (χ2v) is 8.15. The lowest BCUT2D eigenvalue weighted by Gasteiger charge is -2.06. The molecule has 30 heavy (non-hydrogen) atoms. The molecule has 0 bridgehead atoms. The first kappa shape index (κ1) is 20.1. The molecular weight excluding hydrogens is 400 g/mol. The average Bonchev–Trinajstić information content (AvgIpc) is 3.43. The van der Waals surface area contributed by atoms with Gasteiger partial charge in [0.1, 0.15) is 11.4 Å². The Morgan fingerprint density at radius 1 is 1.17 bits per heavy atom. The molecule has 0 unspecified atom stereocenters. The van der Waals surface area contributed by atoms with Crippen LogP contribution in [0.3, 0.4) is 0 Å². The zero-order valence-electron chi connectivity index (χ0n) is 16.5. The van der Waals surface area contributed by atoms with E-state index in [1.54, 1.807) is 18.3 Å². The summed E-state index contributed by atoms with van der Waals surface area (Å²) < 4.78 is 1.53. The van der Waals surface area contributed by atoms with E-state index in [1.807, 2.05) is 31.2 Å². The van der Waals surface area contributed by atoms with Gasteiger partial charge in [-0.05, 0) is 31.4 Å². The number of nitrogens with zero attached hydrogens (tertiary/aromatic N) is 4. The van der Waals surface area contributed by atoms with Gasteiger partial charge in [0.15, 0.2) is 11.5 Å². The van der Waals surface area contributed by atoms with Gasteiger partial charge < -0.3 is 10.6 Å². The summed E-state index contributed by atoms with van der Waals surface area (Å²) in [4.78, 5) is 32.7. The largest absolute Gasteiger partial charge is 0.351 e. The van der Waals surface area contributed by atoms with Crippen LogP contribution in [0, 0.1) is 6.92 Å². The smallest absolute Gasteiger partial charge is 0.272 e. The maximum atomic E-state index is 12.1. The number of carbonyl (C=O) groups excluding carboxylic acids is 2. The van der Waals surface area contributed by atoms with Crippen molar-refractivity contribution in [3.63, 3.8) is 0 Å². The lowest BCUT2D eigenvalue weighted by atomic mass is 10.1. The van der Waals surface area contributed by atoms with E-state index in [0.717, 1.165) is 18.4 Å². The summed E-state index contributed by atoms with van der Waals surface area (Å²) in [6.07, 6.45) is 5.16. The van der Waals surface area contributed by atoms with Crippen molar-refractivity contribution in [3.8, 4) is 5.82 Å². The number of rotatable bonds is 8. The van der Waals surface area contributed by atoms with Gasteiger partial charge in [0.25, 0.3) is 5.91 Å². The van der Waals surface area contributed by atoms with Gasteiger partial charge in [-0.2, -0.15) is 5.10 Å². The molecule has 0 saturated heterocycles. The summed E-state index contributed by atoms with van der Waals surface area (Å²) in [5.41, 5.74) is 2.60. The number of hydrogen-bond acceptors (Lipinski definition) is 6. The van der Waals surface area contributed by atoms with Crippen LogP contribution >= 0.6 is 11.8 Å². The molecule has 0 radical (unpaired) electrons. The highest BCUT2D eigenvalue weighted by Crippen LogP contribution is 2.19. The molecule has 2 heterocycles. The number of carbonyl (C=O) groups is 2.